The number of halogens is 1. The topological polar surface area (TPSA) is 114 Å². The third-order valence-corrected chi connectivity index (χ3v) is 5.54. The average molecular weight is 435 g/mol. The fourth-order valence-corrected chi connectivity index (χ4v) is 3.74. The van der Waals surface area contributed by atoms with Crippen LogP contribution in [0.2, 0.25) is 5.02 Å². The van der Waals surface area contributed by atoms with Crippen molar-refractivity contribution in [2.45, 2.75) is 19.8 Å². The molecule has 0 spiro atoms. The Hall–Kier alpha value is -2.72. The van der Waals surface area contributed by atoms with E-state index >= 15 is 0 Å². The molecule has 30 heavy (non-hydrogen) atoms. The lowest BCUT2D eigenvalue weighted by Gasteiger charge is -2.31. The molecule has 4 rings (SSSR count). The molecule has 0 atom stereocenters. The zero-order valence-corrected chi connectivity index (χ0v) is 17.4. The van der Waals surface area contributed by atoms with Gasteiger partial charge in [0.25, 0.3) is 5.91 Å². The molecule has 10 nitrogen and oxygen atoms in total. The number of morpholine rings is 1. The van der Waals surface area contributed by atoms with Crippen molar-refractivity contribution in [1.29, 1.82) is 0 Å². The second-order valence-corrected chi connectivity index (χ2v) is 7.75. The number of ether oxygens (including phenoxy) is 1. The first kappa shape index (κ1) is 20.5. The number of aromatic nitrogens is 3. The van der Waals surface area contributed by atoms with Crippen LogP contribution in [0, 0.1) is 12.8 Å². The van der Waals surface area contributed by atoms with E-state index in [1.807, 2.05) is 4.90 Å². The van der Waals surface area contributed by atoms with Gasteiger partial charge in [0, 0.05) is 38.2 Å². The highest BCUT2D eigenvalue weighted by Crippen LogP contribution is 2.24. The van der Waals surface area contributed by atoms with Crippen LogP contribution in [0.15, 0.2) is 16.8 Å². The van der Waals surface area contributed by atoms with Crippen molar-refractivity contribution in [2.24, 2.45) is 5.92 Å². The zero-order valence-electron chi connectivity index (χ0n) is 16.6. The average Bonchev–Trinajstić information content (AvgIpc) is 3.18. The molecule has 0 aromatic carbocycles. The number of hydrogen-bond acceptors (Lipinski definition) is 8. The fraction of sp³-hybridized carbons (Fsp3) is 0.526. The lowest BCUT2D eigenvalue weighted by molar-refractivity contribution is -0.121. The number of carbonyl (C=O) groups excluding carboxylic acids is 2. The van der Waals surface area contributed by atoms with Crippen LogP contribution in [-0.2, 0) is 9.53 Å². The largest absolute Gasteiger partial charge is 0.378 e. The molecule has 0 saturated carbocycles. The Morgan fingerprint density at radius 2 is 1.93 bits per heavy atom. The van der Waals surface area contributed by atoms with Crippen LogP contribution >= 0.6 is 11.6 Å². The summed E-state index contributed by atoms with van der Waals surface area (Å²) in [4.78, 5) is 37.8. The standard InChI is InChI=1S/C19H23ClN6O4/c1-12-10-15(24-30-12)22-17(27)13-2-4-25(5-3-13)18(28)16-14(20)11-21-19(23-16)26-6-8-29-9-7-26/h10-11,13H,2-9H2,1H3,(H,22,24,27). The summed E-state index contributed by atoms with van der Waals surface area (Å²) in [5.74, 6) is 0.940. The molecule has 0 bridgehead atoms. The van der Waals surface area contributed by atoms with E-state index in [0.29, 0.717) is 69.8 Å². The van der Waals surface area contributed by atoms with Gasteiger partial charge in [0.15, 0.2) is 11.5 Å². The van der Waals surface area contributed by atoms with Gasteiger partial charge in [-0.3, -0.25) is 9.59 Å². The lowest BCUT2D eigenvalue weighted by Crippen LogP contribution is -2.42. The summed E-state index contributed by atoms with van der Waals surface area (Å²) in [6.07, 6.45) is 2.56. The first-order valence-corrected chi connectivity index (χ1v) is 10.3. The van der Waals surface area contributed by atoms with Gasteiger partial charge >= 0.3 is 0 Å². The molecule has 4 heterocycles. The summed E-state index contributed by atoms with van der Waals surface area (Å²) in [5.41, 5.74) is 0.189. The number of anilines is 2. The van der Waals surface area contributed by atoms with Crippen LogP contribution in [0.5, 0.6) is 0 Å². The van der Waals surface area contributed by atoms with Crippen molar-refractivity contribution in [2.75, 3.05) is 49.6 Å². The maximum atomic E-state index is 13.0. The van der Waals surface area contributed by atoms with Gasteiger partial charge in [-0.2, -0.15) is 0 Å². The molecule has 2 saturated heterocycles. The SMILES string of the molecule is Cc1cc(NC(=O)C2CCN(C(=O)c3nc(N4CCOCC4)ncc3Cl)CC2)no1. The Morgan fingerprint density at radius 1 is 1.20 bits per heavy atom. The highest BCUT2D eigenvalue weighted by molar-refractivity contribution is 6.33. The number of nitrogens with zero attached hydrogens (tertiary/aromatic N) is 5. The Labute approximate surface area is 178 Å². The summed E-state index contributed by atoms with van der Waals surface area (Å²) in [6, 6.07) is 1.67. The Kier molecular flexibility index (Phi) is 6.14. The molecule has 0 radical (unpaired) electrons. The molecular formula is C19H23ClN6O4. The van der Waals surface area contributed by atoms with Crippen molar-refractivity contribution in [3.8, 4) is 0 Å². The van der Waals surface area contributed by atoms with Gasteiger partial charge < -0.3 is 24.4 Å². The quantitative estimate of drug-likeness (QED) is 0.774. The van der Waals surface area contributed by atoms with Crippen LogP contribution in [0.25, 0.3) is 0 Å². The molecule has 160 valence electrons. The predicted molar refractivity (Wildman–Crippen MR) is 109 cm³/mol. The Balaban J connectivity index is 1.37. The van der Waals surface area contributed by atoms with E-state index in [2.05, 4.69) is 20.4 Å². The normalized spacial score (nSPS) is 17.8. The number of piperidine rings is 1. The third kappa shape index (κ3) is 4.54. The van der Waals surface area contributed by atoms with Crippen LogP contribution in [0.1, 0.15) is 29.1 Å². The number of carbonyl (C=O) groups is 2. The molecule has 11 heteroatoms. The Morgan fingerprint density at radius 3 is 2.60 bits per heavy atom. The van der Waals surface area contributed by atoms with Gasteiger partial charge in [-0.25, -0.2) is 9.97 Å². The van der Waals surface area contributed by atoms with Crippen molar-refractivity contribution in [3.63, 3.8) is 0 Å². The Bertz CT molecular complexity index is 921. The van der Waals surface area contributed by atoms with Crippen molar-refractivity contribution >= 4 is 35.2 Å². The van der Waals surface area contributed by atoms with Gasteiger partial charge in [0.1, 0.15) is 5.76 Å². The van der Waals surface area contributed by atoms with Gasteiger partial charge in [-0.05, 0) is 19.8 Å². The molecule has 2 aliphatic rings. The highest BCUT2D eigenvalue weighted by Gasteiger charge is 2.30. The second kappa shape index (κ2) is 8.97. The maximum Gasteiger partial charge on any atom is 0.274 e. The molecule has 2 aromatic heterocycles. The van der Waals surface area contributed by atoms with Gasteiger partial charge in [0.2, 0.25) is 11.9 Å². The smallest absolute Gasteiger partial charge is 0.274 e. The van der Waals surface area contributed by atoms with Crippen LogP contribution in [0.4, 0.5) is 11.8 Å². The summed E-state index contributed by atoms with van der Waals surface area (Å²) in [7, 11) is 0. The maximum absolute atomic E-state index is 13.0. The van der Waals surface area contributed by atoms with Crippen LogP contribution in [-0.4, -0.2) is 71.2 Å². The van der Waals surface area contributed by atoms with E-state index in [1.54, 1.807) is 17.9 Å². The second-order valence-electron chi connectivity index (χ2n) is 7.34. The van der Waals surface area contributed by atoms with Crippen LogP contribution in [0.3, 0.4) is 0 Å². The van der Waals surface area contributed by atoms with E-state index in [-0.39, 0.29) is 28.4 Å². The van der Waals surface area contributed by atoms with Gasteiger partial charge in [0.05, 0.1) is 24.4 Å². The fourth-order valence-electron chi connectivity index (χ4n) is 3.57. The number of amides is 2. The van der Waals surface area contributed by atoms with Gasteiger partial charge in [-0.15, -0.1) is 0 Å². The summed E-state index contributed by atoms with van der Waals surface area (Å²) >= 11 is 6.22. The van der Waals surface area contributed by atoms with E-state index in [1.165, 1.54) is 6.20 Å². The van der Waals surface area contributed by atoms with Crippen LogP contribution < -0.4 is 10.2 Å². The molecule has 2 fully saturated rings. The van der Waals surface area contributed by atoms with Crippen molar-refractivity contribution in [1.82, 2.24) is 20.0 Å². The molecular weight excluding hydrogens is 412 g/mol. The van der Waals surface area contributed by atoms with Crippen molar-refractivity contribution in [3.05, 3.63) is 28.7 Å². The van der Waals surface area contributed by atoms with E-state index in [0.717, 1.165) is 0 Å². The monoisotopic (exact) mass is 434 g/mol. The minimum atomic E-state index is -0.247. The molecule has 2 aliphatic heterocycles. The van der Waals surface area contributed by atoms with E-state index < -0.39 is 0 Å². The highest BCUT2D eigenvalue weighted by atomic mass is 35.5. The molecule has 2 aromatic rings. The number of hydrogen-bond donors (Lipinski definition) is 1. The molecule has 2 amide bonds. The predicted octanol–water partition coefficient (Wildman–Crippen LogP) is 1.75. The molecule has 1 N–H and O–H groups in total. The molecule has 0 unspecified atom stereocenters. The lowest BCUT2D eigenvalue weighted by atomic mass is 9.95. The number of likely N-dealkylation sites (tertiary alicyclic amines) is 1. The third-order valence-electron chi connectivity index (χ3n) is 5.26. The zero-order chi connectivity index (χ0) is 21.1. The molecule has 0 aliphatic carbocycles. The first-order chi connectivity index (χ1) is 14.5. The summed E-state index contributed by atoms with van der Waals surface area (Å²) in [6.45, 7) is 5.18. The van der Waals surface area contributed by atoms with E-state index in [9.17, 15) is 9.59 Å². The number of nitrogens with one attached hydrogen (secondary N) is 1. The van der Waals surface area contributed by atoms with E-state index in [4.69, 9.17) is 20.9 Å². The van der Waals surface area contributed by atoms with Crippen molar-refractivity contribution < 1.29 is 18.8 Å². The number of rotatable bonds is 4. The first-order valence-electron chi connectivity index (χ1n) is 9.90. The van der Waals surface area contributed by atoms with Gasteiger partial charge in [-0.1, -0.05) is 16.8 Å². The number of aryl methyl sites for hydroxylation is 1. The summed E-state index contributed by atoms with van der Waals surface area (Å²) in [5, 5.41) is 6.75. The minimum absolute atomic E-state index is 0.120. The minimum Gasteiger partial charge on any atom is -0.378 e. The summed E-state index contributed by atoms with van der Waals surface area (Å²) < 4.78 is 10.3.